The standard InChI is InChI=1S/C18H15ClFN3O2/c1-10-15(17(24)22-14-4-2-3-12(19)9-14)16(23-18(25)21-10)11-5-7-13(20)8-6-11/h2-9,16H,1H3,(H,22,24)(H2,21,23,25)/t16-/m0/s1. The number of urea groups is 1. The van der Waals surface area contributed by atoms with Gasteiger partial charge in [0.1, 0.15) is 5.82 Å². The molecular formula is C18H15ClFN3O2. The van der Waals surface area contributed by atoms with E-state index in [1.165, 1.54) is 24.3 Å². The second-order valence-electron chi connectivity index (χ2n) is 5.59. The molecule has 0 spiro atoms. The van der Waals surface area contributed by atoms with Gasteiger partial charge in [0, 0.05) is 16.4 Å². The van der Waals surface area contributed by atoms with Crippen molar-refractivity contribution in [2.75, 3.05) is 5.32 Å². The highest BCUT2D eigenvalue weighted by Gasteiger charge is 2.31. The van der Waals surface area contributed by atoms with Gasteiger partial charge in [-0.2, -0.15) is 0 Å². The molecule has 5 nitrogen and oxygen atoms in total. The van der Waals surface area contributed by atoms with Crippen LogP contribution < -0.4 is 16.0 Å². The first-order chi connectivity index (χ1) is 11.9. The first-order valence-corrected chi connectivity index (χ1v) is 7.92. The Hall–Kier alpha value is -2.86. The number of hydrogen-bond acceptors (Lipinski definition) is 2. The van der Waals surface area contributed by atoms with Crippen LogP contribution in [0.1, 0.15) is 18.5 Å². The summed E-state index contributed by atoms with van der Waals surface area (Å²) in [6.45, 7) is 1.64. The zero-order valence-corrected chi connectivity index (χ0v) is 14.0. The third-order valence-corrected chi connectivity index (χ3v) is 4.03. The van der Waals surface area contributed by atoms with Crippen LogP contribution in [0.3, 0.4) is 0 Å². The molecule has 7 heteroatoms. The van der Waals surface area contributed by atoms with E-state index in [2.05, 4.69) is 16.0 Å². The maximum atomic E-state index is 13.2. The molecule has 0 aliphatic carbocycles. The number of hydrogen-bond donors (Lipinski definition) is 3. The minimum absolute atomic E-state index is 0.339. The van der Waals surface area contributed by atoms with E-state index in [0.717, 1.165) is 0 Å². The molecule has 25 heavy (non-hydrogen) atoms. The number of allylic oxidation sites excluding steroid dienone is 1. The fourth-order valence-electron chi connectivity index (χ4n) is 2.66. The Bertz CT molecular complexity index is 865. The molecule has 0 radical (unpaired) electrons. The molecule has 0 unspecified atom stereocenters. The van der Waals surface area contributed by atoms with Gasteiger partial charge in [-0.15, -0.1) is 0 Å². The highest BCUT2D eigenvalue weighted by Crippen LogP contribution is 2.28. The normalized spacial score (nSPS) is 16.9. The number of halogens is 2. The number of carbonyl (C=O) groups is 2. The van der Waals surface area contributed by atoms with E-state index in [0.29, 0.717) is 27.5 Å². The first kappa shape index (κ1) is 17.0. The highest BCUT2D eigenvalue weighted by atomic mass is 35.5. The summed E-state index contributed by atoms with van der Waals surface area (Å²) >= 11 is 5.93. The summed E-state index contributed by atoms with van der Waals surface area (Å²) in [4.78, 5) is 24.6. The molecule has 0 saturated heterocycles. The van der Waals surface area contributed by atoms with Crippen molar-refractivity contribution in [3.63, 3.8) is 0 Å². The molecule has 1 aliphatic rings. The minimum atomic E-state index is -0.687. The number of carbonyl (C=O) groups excluding carboxylic acids is 2. The van der Waals surface area contributed by atoms with Gasteiger partial charge in [-0.1, -0.05) is 29.8 Å². The van der Waals surface area contributed by atoms with Crippen LogP contribution in [0, 0.1) is 5.82 Å². The molecular weight excluding hydrogens is 345 g/mol. The monoisotopic (exact) mass is 359 g/mol. The van der Waals surface area contributed by atoms with E-state index in [1.807, 2.05) is 0 Å². The average Bonchev–Trinajstić information content (AvgIpc) is 2.54. The quantitative estimate of drug-likeness (QED) is 0.781. The van der Waals surface area contributed by atoms with E-state index >= 15 is 0 Å². The van der Waals surface area contributed by atoms with Crippen molar-refractivity contribution in [3.8, 4) is 0 Å². The summed E-state index contributed by atoms with van der Waals surface area (Å²) in [5.41, 5.74) is 1.91. The second-order valence-corrected chi connectivity index (χ2v) is 6.02. The summed E-state index contributed by atoms with van der Waals surface area (Å²) in [6, 6.07) is 11.3. The van der Waals surface area contributed by atoms with Gasteiger partial charge in [0.25, 0.3) is 5.91 Å². The van der Waals surface area contributed by atoms with Gasteiger partial charge in [0.15, 0.2) is 0 Å². The Labute approximate surface area is 148 Å². The van der Waals surface area contributed by atoms with Crippen LogP contribution in [0.5, 0.6) is 0 Å². The molecule has 0 fully saturated rings. The summed E-state index contributed by atoms with van der Waals surface area (Å²) in [5, 5.41) is 8.54. The zero-order valence-electron chi connectivity index (χ0n) is 13.3. The zero-order chi connectivity index (χ0) is 18.0. The minimum Gasteiger partial charge on any atom is -0.327 e. The van der Waals surface area contributed by atoms with E-state index in [-0.39, 0.29) is 5.91 Å². The Morgan fingerprint density at radius 3 is 2.60 bits per heavy atom. The Kier molecular flexibility index (Phi) is 4.72. The van der Waals surface area contributed by atoms with Crippen LogP contribution in [0.4, 0.5) is 14.9 Å². The van der Waals surface area contributed by atoms with Crippen molar-refractivity contribution < 1.29 is 14.0 Å². The Morgan fingerprint density at radius 1 is 1.20 bits per heavy atom. The number of nitrogens with one attached hydrogen (secondary N) is 3. The molecule has 1 heterocycles. The van der Waals surface area contributed by atoms with E-state index in [1.54, 1.807) is 31.2 Å². The number of amides is 3. The van der Waals surface area contributed by atoms with Gasteiger partial charge in [-0.05, 0) is 42.8 Å². The lowest BCUT2D eigenvalue weighted by atomic mass is 9.95. The average molecular weight is 360 g/mol. The van der Waals surface area contributed by atoms with Crippen molar-refractivity contribution in [2.24, 2.45) is 0 Å². The second kappa shape index (κ2) is 6.94. The fourth-order valence-corrected chi connectivity index (χ4v) is 2.86. The Morgan fingerprint density at radius 2 is 1.92 bits per heavy atom. The SMILES string of the molecule is CC1=C(C(=O)Nc2cccc(Cl)c2)[C@H](c2ccc(F)cc2)NC(=O)N1. The van der Waals surface area contributed by atoms with E-state index in [4.69, 9.17) is 11.6 Å². The fraction of sp³-hybridized carbons (Fsp3) is 0.111. The van der Waals surface area contributed by atoms with Crippen molar-refractivity contribution in [3.05, 3.63) is 76.2 Å². The molecule has 1 atom stereocenters. The van der Waals surface area contributed by atoms with Crippen LogP contribution in [0.25, 0.3) is 0 Å². The van der Waals surface area contributed by atoms with E-state index in [9.17, 15) is 14.0 Å². The van der Waals surface area contributed by atoms with Crippen molar-refractivity contribution in [2.45, 2.75) is 13.0 Å². The molecule has 0 bridgehead atoms. The summed E-state index contributed by atoms with van der Waals surface area (Å²) in [7, 11) is 0. The van der Waals surface area contributed by atoms with Gasteiger partial charge in [-0.3, -0.25) is 4.79 Å². The van der Waals surface area contributed by atoms with Crippen molar-refractivity contribution in [1.29, 1.82) is 0 Å². The largest absolute Gasteiger partial charge is 0.327 e. The molecule has 1 aliphatic heterocycles. The molecule has 3 rings (SSSR count). The van der Waals surface area contributed by atoms with Gasteiger partial charge in [0.05, 0.1) is 11.6 Å². The van der Waals surface area contributed by atoms with E-state index < -0.39 is 17.9 Å². The van der Waals surface area contributed by atoms with Gasteiger partial charge in [0.2, 0.25) is 0 Å². The lowest BCUT2D eigenvalue weighted by Crippen LogP contribution is -2.45. The molecule has 3 amide bonds. The summed E-state index contributed by atoms with van der Waals surface area (Å²) < 4.78 is 13.2. The number of rotatable bonds is 3. The van der Waals surface area contributed by atoms with Gasteiger partial charge >= 0.3 is 6.03 Å². The van der Waals surface area contributed by atoms with Crippen molar-refractivity contribution in [1.82, 2.24) is 10.6 Å². The molecule has 2 aromatic rings. The number of benzene rings is 2. The third-order valence-electron chi connectivity index (χ3n) is 3.80. The van der Waals surface area contributed by atoms with Crippen LogP contribution in [0.15, 0.2) is 59.8 Å². The maximum Gasteiger partial charge on any atom is 0.319 e. The lowest BCUT2D eigenvalue weighted by molar-refractivity contribution is -0.113. The molecule has 0 aromatic heterocycles. The first-order valence-electron chi connectivity index (χ1n) is 7.54. The third kappa shape index (κ3) is 3.80. The Balaban J connectivity index is 1.94. The topological polar surface area (TPSA) is 70.2 Å². The van der Waals surface area contributed by atoms with Crippen LogP contribution in [-0.4, -0.2) is 11.9 Å². The number of anilines is 1. The van der Waals surface area contributed by atoms with Gasteiger partial charge < -0.3 is 16.0 Å². The molecule has 3 N–H and O–H groups in total. The molecule has 2 aromatic carbocycles. The lowest BCUT2D eigenvalue weighted by Gasteiger charge is -2.28. The summed E-state index contributed by atoms with van der Waals surface area (Å²) in [6.07, 6.45) is 0. The van der Waals surface area contributed by atoms with Crippen LogP contribution in [0.2, 0.25) is 5.02 Å². The molecule has 128 valence electrons. The smallest absolute Gasteiger partial charge is 0.319 e. The maximum absolute atomic E-state index is 13.2. The summed E-state index contributed by atoms with van der Waals surface area (Å²) in [5.74, 6) is -0.781. The predicted octanol–water partition coefficient (Wildman–Crippen LogP) is 3.75. The highest BCUT2D eigenvalue weighted by molar-refractivity contribution is 6.31. The van der Waals surface area contributed by atoms with Crippen LogP contribution >= 0.6 is 11.6 Å². The predicted molar refractivity (Wildman–Crippen MR) is 93.6 cm³/mol. The molecule has 0 saturated carbocycles. The van der Waals surface area contributed by atoms with Gasteiger partial charge in [-0.25, -0.2) is 9.18 Å². The van der Waals surface area contributed by atoms with Crippen molar-refractivity contribution >= 4 is 29.2 Å². The van der Waals surface area contributed by atoms with Crippen LogP contribution in [-0.2, 0) is 4.79 Å².